The van der Waals surface area contributed by atoms with Gasteiger partial charge in [0, 0.05) is 17.1 Å². The van der Waals surface area contributed by atoms with Crippen molar-refractivity contribution < 1.29 is 9.90 Å². The topological polar surface area (TPSA) is 40.5 Å². The number of aromatic hydroxyl groups is 1. The van der Waals surface area contributed by atoms with Gasteiger partial charge < -0.3 is 10.0 Å². The van der Waals surface area contributed by atoms with E-state index in [4.69, 9.17) is 0 Å². The molecule has 0 unspecified atom stereocenters. The summed E-state index contributed by atoms with van der Waals surface area (Å²) in [6, 6.07) is 12.4. The fraction of sp³-hybridized carbons (Fsp3) is 0.188. The number of benzene rings is 2. The Bertz CT molecular complexity index is 640. The summed E-state index contributed by atoms with van der Waals surface area (Å²) in [6.07, 6.45) is 0. The summed E-state index contributed by atoms with van der Waals surface area (Å²) in [7, 11) is 0. The van der Waals surface area contributed by atoms with E-state index in [0.29, 0.717) is 12.1 Å². The molecule has 0 saturated heterocycles. The Labute approximate surface area is 127 Å². The van der Waals surface area contributed by atoms with Gasteiger partial charge >= 0.3 is 0 Å². The van der Waals surface area contributed by atoms with Gasteiger partial charge in [0.25, 0.3) is 5.91 Å². The van der Waals surface area contributed by atoms with Crippen molar-refractivity contribution in [2.75, 3.05) is 11.4 Å². The van der Waals surface area contributed by atoms with Crippen molar-refractivity contribution in [2.45, 2.75) is 13.8 Å². The summed E-state index contributed by atoms with van der Waals surface area (Å²) in [5.74, 6) is 0.0673. The predicted molar refractivity (Wildman–Crippen MR) is 84.3 cm³/mol. The maximum Gasteiger partial charge on any atom is 0.259 e. The molecular formula is C16H16BrNO2. The van der Waals surface area contributed by atoms with Crippen LogP contribution in [0.1, 0.15) is 22.8 Å². The number of hydrogen-bond donors (Lipinski definition) is 1. The molecule has 0 saturated carbocycles. The Hall–Kier alpha value is -1.81. The molecule has 0 fully saturated rings. The van der Waals surface area contributed by atoms with E-state index in [0.717, 1.165) is 15.7 Å². The molecule has 3 nitrogen and oxygen atoms in total. The van der Waals surface area contributed by atoms with Crippen molar-refractivity contribution in [3.05, 3.63) is 58.1 Å². The molecule has 20 heavy (non-hydrogen) atoms. The Morgan fingerprint density at radius 3 is 2.60 bits per heavy atom. The third-order valence-corrected chi connectivity index (χ3v) is 3.84. The van der Waals surface area contributed by atoms with Crippen LogP contribution in [0, 0.1) is 6.92 Å². The van der Waals surface area contributed by atoms with E-state index in [-0.39, 0.29) is 11.7 Å². The van der Waals surface area contributed by atoms with Crippen molar-refractivity contribution in [1.82, 2.24) is 0 Å². The van der Waals surface area contributed by atoms with Gasteiger partial charge in [0.1, 0.15) is 5.75 Å². The molecule has 2 aromatic rings. The van der Waals surface area contributed by atoms with Crippen LogP contribution in [0.15, 0.2) is 46.9 Å². The quantitative estimate of drug-likeness (QED) is 0.917. The standard InChI is InChI=1S/C16H16BrNO2/c1-3-18(15-10-12(19)9-8-11(15)2)16(20)13-6-4-5-7-14(13)17/h4-10,19H,3H2,1-2H3. The summed E-state index contributed by atoms with van der Waals surface area (Å²) in [5, 5.41) is 9.64. The van der Waals surface area contributed by atoms with Crippen LogP contribution in [-0.4, -0.2) is 17.6 Å². The largest absolute Gasteiger partial charge is 0.508 e. The lowest BCUT2D eigenvalue weighted by molar-refractivity contribution is 0.0987. The lowest BCUT2D eigenvalue weighted by Gasteiger charge is -2.23. The highest BCUT2D eigenvalue weighted by molar-refractivity contribution is 9.10. The number of phenols is 1. The number of rotatable bonds is 3. The first-order valence-corrected chi connectivity index (χ1v) is 7.20. The number of anilines is 1. The summed E-state index contributed by atoms with van der Waals surface area (Å²) in [4.78, 5) is 14.3. The molecule has 0 spiro atoms. The minimum Gasteiger partial charge on any atom is -0.508 e. The molecule has 0 radical (unpaired) electrons. The molecule has 0 aliphatic heterocycles. The fourth-order valence-corrected chi connectivity index (χ4v) is 2.55. The van der Waals surface area contributed by atoms with Gasteiger partial charge in [-0.2, -0.15) is 0 Å². The van der Waals surface area contributed by atoms with Crippen LogP contribution in [0.4, 0.5) is 5.69 Å². The van der Waals surface area contributed by atoms with Crippen molar-refractivity contribution >= 4 is 27.5 Å². The number of carbonyl (C=O) groups is 1. The second-order valence-electron chi connectivity index (χ2n) is 4.50. The van der Waals surface area contributed by atoms with Crippen molar-refractivity contribution in [2.24, 2.45) is 0 Å². The summed E-state index contributed by atoms with van der Waals surface area (Å²) < 4.78 is 0.765. The first kappa shape index (κ1) is 14.6. The third-order valence-electron chi connectivity index (χ3n) is 3.15. The number of hydrogen-bond acceptors (Lipinski definition) is 2. The van der Waals surface area contributed by atoms with E-state index in [1.807, 2.05) is 32.0 Å². The van der Waals surface area contributed by atoms with Crippen molar-refractivity contribution in [3.8, 4) is 5.75 Å². The number of aryl methyl sites for hydroxylation is 1. The molecule has 0 atom stereocenters. The summed E-state index contributed by atoms with van der Waals surface area (Å²) in [6.45, 7) is 4.37. The lowest BCUT2D eigenvalue weighted by Crippen LogP contribution is -2.31. The van der Waals surface area contributed by atoms with E-state index in [2.05, 4.69) is 15.9 Å². The smallest absolute Gasteiger partial charge is 0.259 e. The van der Waals surface area contributed by atoms with Crippen LogP contribution in [-0.2, 0) is 0 Å². The molecule has 0 aliphatic rings. The SMILES string of the molecule is CCN(C(=O)c1ccccc1Br)c1cc(O)ccc1C. The van der Waals surface area contributed by atoms with Crippen LogP contribution in [0.3, 0.4) is 0 Å². The lowest BCUT2D eigenvalue weighted by atomic mass is 10.1. The normalized spacial score (nSPS) is 10.3. The molecule has 2 aromatic carbocycles. The van der Waals surface area contributed by atoms with Crippen LogP contribution >= 0.6 is 15.9 Å². The summed E-state index contributed by atoms with van der Waals surface area (Å²) >= 11 is 3.40. The van der Waals surface area contributed by atoms with Gasteiger partial charge in [0.2, 0.25) is 0 Å². The highest BCUT2D eigenvalue weighted by atomic mass is 79.9. The first-order chi connectivity index (χ1) is 9.54. The van der Waals surface area contributed by atoms with Crippen LogP contribution in [0.25, 0.3) is 0 Å². The van der Waals surface area contributed by atoms with Crippen LogP contribution in [0.5, 0.6) is 5.75 Å². The highest BCUT2D eigenvalue weighted by Crippen LogP contribution is 2.27. The molecular weight excluding hydrogens is 318 g/mol. The van der Waals surface area contributed by atoms with E-state index in [9.17, 15) is 9.90 Å². The number of halogens is 1. The van der Waals surface area contributed by atoms with Crippen LogP contribution in [0.2, 0.25) is 0 Å². The van der Waals surface area contributed by atoms with Gasteiger partial charge in [-0.25, -0.2) is 0 Å². The van der Waals surface area contributed by atoms with Crippen LogP contribution < -0.4 is 4.90 Å². The number of amides is 1. The molecule has 2 rings (SSSR count). The zero-order valence-corrected chi connectivity index (χ0v) is 13.0. The van der Waals surface area contributed by atoms with Gasteiger partial charge in [-0.15, -0.1) is 0 Å². The zero-order valence-electron chi connectivity index (χ0n) is 11.4. The number of phenolic OH excluding ortho intramolecular Hbond substituents is 1. The molecule has 0 heterocycles. The molecule has 1 amide bonds. The van der Waals surface area contributed by atoms with Gasteiger partial charge in [0.05, 0.1) is 11.3 Å². The monoisotopic (exact) mass is 333 g/mol. The average Bonchev–Trinajstić information content (AvgIpc) is 2.44. The van der Waals surface area contributed by atoms with E-state index < -0.39 is 0 Å². The average molecular weight is 334 g/mol. The molecule has 104 valence electrons. The Kier molecular flexibility index (Phi) is 4.45. The number of nitrogens with zero attached hydrogens (tertiary/aromatic N) is 1. The highest BCUT2D eigenvalue weighted by Gasteiger charge is 2.19. The fourth-order valence-electron chi connectivity index (χ4n) is 2.09. The Balaban J connectivity index is 2.45. The maximum absolute atomic E-state index is 12.7. The second kappa shape index (κ2) is 6.09. The molecule has 0 aliphatic carbocycles. The minimum absolute atomic E-state index is 0.0892. The number of carbonyl (C=O) groups excluding carboxylic acids is 1. The zero-order chi connectivity index (χ0) is 14.7. The first-order valence-electron chi connectivity index (χ1n) is 6.40. The second-order valence-corrected chi connectivity index (χ2v) is 5.35. The maximum atomic E-state index is 12.7. The van der Waals surface area contributed by atoms with Gasteiger partial charge in [-0.3, -0.25) is 4.79 Å². The van der Waals surface area contributed by atoms with E-state index in [1.54, 1.807) is 29.2 Å². The van der Waals surface area contributed by atoms with Crippen molar-refractivity contribution in [1.29, 1.82) is 0 Å². The van der Waals surface area contributed by atoms with Gasteiger partial charge in [-0.05, 0) is 53.5 Å². The Morgan fingerprint density at radius 1 is 1.25 bits per heavy atom. The van der Waals surface area contributed by atoms with E-state index >= 15 is 0 Å². The third kappa shape index (κ3) is 2.85. The predicted octanol–water partition coefficient (Wildman–Crippen LogP) is 4.13. The van der Waals surface area contributed by atoms with Crippen molar-refractivity contribution in [3.63, 3.8) is 0 Å². The molecule has 1 N–H and O–H groups in total. The van der Waals surface area contributed by atoms with Gasteiger partial charge in [0.15, 0.2) is 0 Å². The molecule has 0 aromatic heterocycles. The van der Waals surface area contributed by atoms with E-state index in [1.165, 1.54) is 0 Å². The van der Waals surface area contributed by atoms with Gasteiger partial charge in [-0.1, -0.05) is 18.2 Å². The molecule has 0 bridgehead atoms. The molecule has 4 heteroatoms. The Morgan fingerprint density at radius 2 is 1.95 bits per heavy atom. The minimum atomic E-state index is -0.0892. The summed E-state index contributed by atoms with van der Waals surface area (Å²) in [5.41, 5.74) is 2.29.